The quantitative estimate of drug-likeness (QED) is 0.535. The Morgan fingerprint density at radius 3 is 1.32 bits per heavy atom. The summed E-state index contributed by atoms with van der Waals surface area (Å²) in [6.45, 7) is 0. The van der Waals surface area contributed by atoms with Crippen molar-refractivity contribution in [3.8, 4) is 11.5 Å². The number of esters is 2. The summed E-state index contributed by atoms with van der Waals surface area (Å²) in [4.78, 5) is 73.1. The molecule has 0 saturated heterocycles. The first-order valence-electron chi connectivity index (χ1n) is 9.07. The fourth-order valence-corrected chi connectivity index (χ4v) is 3.67. The summed E-state index contributed by atoms with van der Waals surface area (Å²) in [6.07, 6.45) is 0. The molecule has 31 heavy (non-hydrogen) atoms. The highest BCUT2D eigenvalue weighted by Crippen LogP contribution is 2.35. The molecule has 0 bridgehead atoms. The lowest BCUT2D eigenvalue weighted by molar-refractivity contribution is -0.143. The molecule has 2 unspecified atom stereocenters. The highest BCUT2D eigenvalue weighted by molar-refractivity contribution is 6.35. The Hall–Kier alpha value is -4.14. The normalized spacial score (nSPS) is 19.2. The number of carbonyl (C=O) groups is 6. The molecule has 0 fully saturated rings. The zero-order valence-corrected chi connectivity index (χ0v) is 16.3. The van der Waals surface area contributed by atoms with Gasteiger partial charge in [-0.1, -0.05) is 0 Å². The first-order valence-corrected chi connectivity index (χ1v) is 9.07. The Kier molecular flexibility index (Phi) is 4.73. The van der Waals surface area contributed by atoms with E-state index in [1.807, 2.05) is 0 Å². The molecule has 2 aromatic carbocycles. The number of benzene rings is 2. The lowest BCUT2D eigenvalue weighted by Gasteiger charge is -2.08. The van der Waals surface area contributed by atoms with Crippen molar-refractivity contribution >= 4 is 35.1 Å². The van der Waals surface area contributed by atoms with Crippen LogP contribution in [0.3, 0.4) is 0 Å². The van der Waals surface area contributed by atoms with Gasteiger partial charge >= 0.3 is 11.9 Å². The predicted molar refractivity (Wildman–Crippen MR) is 101 cm³/mol. The molecule has 2 aliphatic carbocycles. The van der Waals surface area contributed by atoms with Crippen molar-refractivity contribution < 1.29 is 43.0 Å². The van der Waals surface area contributed by atoms with Crippen molar-refractivity contribution in [2.45, 2.75) is 0 Å². The summed E-state index contributed by atoms with van der Waals surface area (Å²) in [5.41, 5.74) is 0.221. The highest BCUT2D eigenvalue weighted by atomic mass is 16.5. The van der Waals surface area contributed by atoms with E-state index in [4.69, 9.17) is 4.74 Å². The maximum atomic E-state index is 12.5. The Labute approximate surface area is 174 Å². The minimum atomic E-state index is -1.53. The van der Waals surface area contributed by atoms with E-state index in [0.29, 0.717) is 0 Å². The van der Waals surface area contributed by atoms with Gasteiger partial charge in [-0.25, -0.2) is 0 Å². The first-order chi connectivity index (χ1) is 14.8. The summed E-state index contributed by atoms with van der Waals surface area (Å²) < 4.78 is 14.7. The molecule has 0 aliphatic heterocycles. The second-order valence-corrected chi connectivity index (χ2v) is 6.89. The Morgan fingerprint density at radius 1 is 0.613 bits per heavy atom. The standard InChI is InChI=1S/C22H14O9/c1-29-21(27)15-17(23)11-5-3-9(7-13(11)19(15)25)31-10-4-6-12-14(8-10)20(26)16(18(12)24)22(28)30-2/h3-8,15-16H,1-2H3. The minimum absolute atomic E-state index is 0.0241. The van der Waals surface area contributed by atoms with Crippen LogP contribution in [0.1, 0.15) is 41.4 Å². The molecule has 0 N–H and O–H groups in total. The SMILES string of the molecule is COC(=O)C1C(=O)c2ccc(Oc3ccc4c(c3)C(=O)C(C(=O)OC)C4=O)cc2C1=O. The van der Waals surface area contributed by atoms with Gasteiger partial charge in [-0.2, -0.15) is 0 Å². The van der Waals surface area contributed by atoms with E-state index < -0.39 is 46.9 Å². The second-order valence-electron chi connectivity index (χ2n) is 6.89. The summed E-state index contributed by atoms with van der Waals surface area (Å²) in [5, 5.41) is 0. The zero-order chi connectivity index (χ0) is 22.4. The van der Waals surface area contributed by atoms with E-state index in [1.54, 1.807) is 0 Å². The Bertz CT molecular complexity index is 1110. The van der Waals surface area contributed by atoms with Gasteiger partial charge in [0, 0.05) is 22.3 Å². The van der Waals surface area contributed by atoms with Crippen LogP contribution in [0.2, 0.25) is 0 Å². The van der Waals surface area contributed by atoms with Gasteiger partial charge < -0.3 is 14.2 Å². The molecule has 2 atom stereocenters. The molecule has 0 heterocycles. The number of methoxy groups -OCH3 is 2. The number of ketones is 4. The van der Waals surface area contributed by atoms with Crippen LogP contribution in [0.15, 0.2) is 36.4 Å². The molecule has 0 saturated carbocycles. The fourth-order valence-electron chi connectivity index (χ4n) is 3.67. The lowest BCUT2D eigenvalue weighted by atomic mass is 10.1. The van der Waals surface area contributed by atoms with E-state index in [-0.39, 0.29) is 33.8 Å². The van der Waals surface area contributed by atoms with Gasteiger partial charge in [0.1, 0.15) is 11.5 Å². The summed E-state index contributed by atoms with van der Waals surface area (Å²) >= 11 is 0. The second kappa shape index (κ2) is 7.28. The van der Waals surface area contributed by atoms with Gasteiger partial charge in [-0.3, -0.25) is 28.8 Å². The summed E-state index contributed by atoms with van der Waals surface area (Å²) in [6, 6.07) is 8.22. The molecule has 0 aromatic heterocycles. The van der Waals surface area contributed by atoms with E-state index in [9.17, 15) is 28.8 Å². The van der Waals surface area contributed by atoms with E-state index in [0.717, 1.165) is 14.2 Å². The van der Waals surface area contributed by atoms with Gasteiger partial charge in [0.05, 0.1) is 14.2 Å². The van der Waals surface area contributed by atoms with Crippen LogP contribution >= 0.6 is 0 Å². The number of carbonyl (C=O) groups excluding carboxylic acids is 6. The van der Waals surface area contributed by atoms with Crippen LogP contribution in [-0.4, -0.2) is 49.3 Å². The lowest BCUT2D eigenvalue weighted by Crippen LogP contribution is -2.26. The van der Waals surface area contributed by atoms with Gasteiger partial charge in [-0.05, 0) is 36.4 Å². The first kappa shape index (κ1) is 20.1. The molecular weight excluding hydrogens is 408 g/mol. The molecule has 2 aromatic rings. The van der Waals surface area contributed by atoms with E-state index in [1.165, 1.54) is 36.4 Å². The average Bonchev–Trinajstić information content (AvgIpc) is 3.16. The molecule has 2 aliphatic rings. The Morgan fingerprint density at radius 2 is 0.968 bits per heavy atom. The predicted octanol–water partition coefficient (Wildman–Crippen LogP) is 1.82. The highest BCUT2D eigenvalue weighted by Gasteiger charge is 2.45. The molecule has 4 rings (SSSR count). The van der Waals surface area contributed by atoms with Crippen LogP contribution in [0.4, 0.5) is 0 Å². The molecule has 9 heteroatoms. The molecule has 9 nitrogen and oxygen atoms in total. The van der Waals surface area contributed by atoms with Crippen molar-refractivity contribution in [3.63, 3.8) is 0 Å². The third-order valence-corrected chi connectivity index (χ3v) is 5.20. The monoisotopic (exact) mass is 422 g/mol. The van der Waals surface area contributed by atoms with Gasteiger partial charge in [0.15, 0.2) is 35.0 Å². The average molecular weight is 422 g/mol. The third-order valence-electron chi connectivity index (χ3n) is 5.20. The molecule has 0 amide bonds. The number of Topliss-reactive ketones (excluding diaryl/α,β-unsaturated/α-hetero) is 4. The van der Waals surface area contributed by atoms with E-state index >= 15 is 0 Å². The molecule has 0 radical (unpaired) electrons. The molecular formula is C22H14O9. The Balaban J connectivity index is 1.62. The summed E-state index contributed by atoms with van der Waals surface area (Å²) in [7, 11) is 2.18. The number of fused-ring (bicyclic) bond motifs is 2. The maximum absolute atomic E-state index is 12.5. The number of hydrogen-bond acceptors (Lipinski definition) is 9. The molecule has 0 spiro atoms. The smallest absolute Gasteiger partial charge is 0.324 e. The summed E-state index contributed by atoms with van der Waals surface area (Å²) in [5.74, 6) is -7.25. The van der Waals surface area contributed by atoms with Crippen LogP contribution in [0.25, 0.3) is 0 Å². The third kappa shape index (κ3) is 3.02. The van der Waals surface area contributed by atoms with Gasteiger partial charge in [0.2, 0.25) is 0 Å². The fraction of sp³-hybridized carbons (Fsp3) is 0.182. The van der Waals surface area contributed by atoms with Crippen LogP contribution in [-0.2, 0) is 19.1 Å². The zero-order valence-electron chi connectivity index (χ0n) is 16.3. The topological polar surface area (TPSA) is 130 Å². The van der Waals surface area contributed by atoms with Crippen LogP contribution in [0.5, 0.6) is 11.5 Å². The van der Waals surface area contributed by atoms with Crippen molar-refractivity contribution in [2.24, 2.45) is 11.8 Å². The van der Waals surface area contributed by atoms with Crippen molar-refractivity contribution in [3.05, 3.63) is 58.7 Å². The van der Waals surface area contributed by atoms with Crippen LogP contribution in [0, 0.1) is 11.8 Å². The van der Waals surface area contributed by atoms with Crippen molar-refractivity contribution in [1.82, 2.24) is 0 Å². The number of hydrogen-bond donors (Lipinski definition) is 0. The maximum Gasteiger partial charge on any atom is 0.324 e. The van der Waals surface area contributed by atoms with Gasteiger partial charge in [-0.15, -0.1) is 0 Å². The van der Waals surface area contributed by atoms with Crippen molar-refractivity contribution in [2.75, 3.05) is 14.2 Å². The number of rotatable bonds is 4. The van der Waals surface area contributed by atoms with Crippen molar-refractivity contribution in [1.29, 1.82) is 0 Å². The minimum Gasteiger partial charge on any atom is -0.468 e. The largest absolute Gasteiger partial charge is 0.468 e. The number of ether oxygens (including phenoxy) is 3. The van der Waals surface area contributed by atoms with Crippen LogP contribution < -0.4 is 4.74 Å². The van der Waals surface area contributed by atoms with E-state index in [2.05, 4.69) is 9.47 Å². The molecule has 156 valence electrons. The van der Waals surface area contributed by atoms with Gasteiger partial charge in [0.25, 0.3) is 0 Å².